The second-order valence-corrected chi connectivity index (χ2v) is 22.9. The molecule has 1 aliphatic heterocycles. The van der Waals surface area contributed by atoms with E-state index in [4.69, 9.17) is 17.3 Å². The number of unbranched alkanes of at least 4 members (excludes halogenated alkanes) is 1. The molecule has 5 rings (SSSR count). The number of thiocarbonyl (C=S) groups is 1. The number of carbonyl (C=O) groups excluding carboxylic acids is 4. The standard InChI is InChI=1S/C60H83N11O18S/c72-49(20-19-48(58(87)88)71-29-27-69(36-52(77)78)25-23-68(35-51(75)76)24-26-70(28-30-71)37-53(79)80)62-33-39-11-16-44(17-12-39)64-60(90)63-34-38-8-14-42(15-9-38)54(81)65-47(32-40-10-13-41-5-1-2-6-43(41)31-40)55(82)61-22-4-3-7-45(56(83)84)66-59(89)67-46(57(85)86)18-21-50(73)74/h1-2,5-6,10-13,16-17,31,38,42,45-48H,3-4,7-9,14-15,18-30,32-37H2,(H,61,82)(H,62,72)(H,65,81)(H,73,74)(H,75,76)(H,77,78)(H,79,80)(H,83,84)(H,85,86)(H,87,88)(H2,63,64,90)(H2,66,67,89)/t38?,42?,45-,46-,47-,48?/m0/s1. The zero-order valence-corrected chi connectivity index (χ0v) is 50.8. The lowest BCUT2D eigenvalue weighted by Crippen LogP contribution is -2.52. The fraction of sp³-hybridized carbons (Fsp3) is 0.533. The first kappa shape index (κ1) is 72.2. The number of carboxylic acids is 7. The maximum atomic E-state index is 13.9. The lowest BCUT2D eigenvalue weighted by Gasteiger charge is -2.35. The summed E-state index contributed by atoms with van der Waals surface area (Å²) in [7, 11) is 0. The molecule has 14 N–H and O–H groups in total. The number of nitrogens with zero attached hydrogens (tertiary/aromatic N) is 4. The van der Waals surface area contributed by atoms with E-state index in [9.17, 15) is 83.4 Å². The van der Waals surface area contributed by atoms with E-state index in [0.29, 0.717) is 49.4 Å². The highest BCUT2D eigenvalue weighted by atomic mass is 32.1. The van der Waals surface area contributed by atoms with Gasteiger partial charge in [0.1, 0.15) is 24.2 Å². The van der Waals surface area contributed by atoms with E-state index in [1.54, 1.807) is 43.9 Å². The number of carbonyl (C=O) groups is 11. The molecule has 2 fully saturated rings. The quantitative estimate of drug-likeness (QED) is 0.0302. The minimum absolute atomic E-state index is 0.0668. The highest BCUT2D eigenvalue weighted by Gasteiger charge is 2.32. The van der Waals surface area contributed by atoms with Crippen LogP contribution in [0.2, 0.25) is 0 Å². The van der Waals surface area contributed by atoms with Gasteiger partial charge in [0.2, 0.25) is 17.7 Å². The van der Waals surface area contributed by atoms with Crippen molar-refractivity contribution in [2.45, 2.75) is 108 Å². The van der Waals surface area contributed by atoms with E-state index in [1.807, 2.05) is 42.5 Å². The third kappa shape index (κ3) is 26.6. The lowest BCUT2D eigenvalue weighted by atomic mass is 9.81. The Morgan fingerprint density at radius 3 is 1.61 bits per heavy atom. The molecule has 30 heteroatoms. The van der Waals surface area contributed by atoms with E-state index >= 15 is 0 Å². The maximum Gasteiger partial charge on any atom is 0.326 e. The summed E-state index contributed by atoms with van der Waals surface area (Å²) < 4.78 is 0. The number of carboxylic acid groups (broad SMARTS) is 7. The molecular weight excluding hydrogens is 1190 g/mol. The van der Waals surface area contributed by atoms with Crippen molar-refractivity contribution in [2.24, 2.45) is 11.8 Å². The summed E-state index contributed by atoms with van der Waals surface area (Å²) in [5.74, 6) is -9.92. The molecule has 1 heterocycles. The van der Waals surface area contributed by atoms with Gasteiger partial charge in [-0.1, -0.05) is 54.6 Å². The van der Waals surface area contributed by atoms with E-state index in [2.05, 4.69) is 37.2 Å². The molecular formula is C60H83N11O18S. The third-order valence-corrected chi connectivity index (χ3v) is 16.0. The lowest BCUT2D eigenvalue weighted by molar-refractivity contribution is -0.145. The Morgan fingerprint density at radius 2 is 1.07 bits per heavy atom. The SMILES string of the molecule is O=C(O)CC[C@H](NC(=O)N[C@@H](CCCCNC(=O)[C@H](Cc1ccc2ccccc2c1)NC(=O)C1CCC(CNC(=S)Nc2ccc(CNC(=O)CCC(C(=O)O)N3CCN(CC(=O)O)CCN(CC(=O)O)CCN(CC(=O)O)CC3)cc2)CC1)C(=O)O)C(=O)O. The fourth-order valence-corrected chi connectivity index (χ4v) is 10.9. The Hall–Kier alpha value is -8.58. The zero-order valence-electron chi connectivity index (χ0n) is 50.0. The summed E-state index contributed by atoms with van der Waals surface area (Å²) in [5, 5.41) is 88.6. The molecule has 0 aromatic heterocycles. The summed E-state index contributed by atoms with van der Waals surface area (Å²) in [5.41, 5.74) is 2.25. The van der Waals surface area contributed by atoms with Crippen molar-refractivity contribution in [3.8, 4) is 0 Å². The van der Waals surface area contributed by atoms with Crippen LogP contribution < -0.4 is 37.2 Å². The Balaban J connectivity index is 1.06. The number of amides is 5. The van der Waals surface area contributed by atoms with Crippen LogP contribution in [0.15, 0.2) is 66.7 Å². The van der Waals surface area contributed by atoms with Crippen LogP contribution in [0, 0.1) is 11.8 Å². The molecule has 90 heavy (non-hydrogen) atoms. The van der Waals surface area contributed by atoms with Crippen molar-refractivity contribution in [3.63, 3.8) is 0 Å². The van der Waals surface area contributed by atoms with Crippen molar-refractivity contribution in [1.82, 2.24) is 51.5 Å². The maximum absolute atomic E-state index is 13.9. The molecule has 4 atom stereocenters. The molecule has 0 bridgehead atoms. The van der Waals surface area contributed by atoms with E-state index in [-0.39, 0.29) is 135 Å². The Morgan fingerprint density at radius 1 is 0.522 bits per heavy atom. The van der Waals surface area contributed by atoms with Gasteiger partial charge in [0.25, 0.3) is 0 Å². The first-order chi connectivity index (χ1) is 42.9. The van der Waals surface area contributed by atoms with Crippen molar-refractivity contribution in [3.05, 3.63) is 77.9 Å². The molecule has 29 nitrogen and oxygen atoms in total. The van der Waals surface area contributed by atoms with Crippen LogP contribution in [0.5, 0.6) is 0 Å². The first-order valence-electron chi connectivity index (χ1n) is 29.9. The number of urea groups is 1. The van der Waals surface area contributed by atoms with E-state index in [0.717, 1.165) is 21.9 Å². The van der Waals surface area contributed by atoms with Crippen molar-refractivity contribution in [2.75, 3.05) is 90.4 Å². The number of hydrogen-bond donors (Lipinski definition) is 14. The minimum atomic E-state index is -1.55. The van der Waals surface area contributed by atoms with Gasteiger partial charge in [0.05, 0.1) is 19.6 Å². The van der Waals surface area contributed by atoms with Crippen LogP contribution in [0.3, 0.4) is 0 Å². The largest absolute Gasteiger partial charge is 0.481 e. The number of benzene rings is 3. The molecule has 3 aromatic rings. The van der Waals surface area contributed by atoms with Gasteiger partial charge in [-0.3, -0.25) is 58.0 Å². The van der Waals surface area contributed by atoms with E-state index in [1.165, 1.54) is 0 Å². The first-order valence-corrected chi connectivity index (χ1v) is 30.3. The average Bonchev–Trinajstić information content (AvgIpc) is 2.00. The Kier molecular flexibility index (Phi) is 30.0. The summed E-state index contributed by atoms with van der Waals surface area (Å²) in [6, 6.07) is 14.5. The Bertz CT molecular complexity index is 2940. The zero-order chi connectivity index (χ0) is 65.7. The number of anilines is 1. The highest BCUT2D eigenvalue weighted by Crippen LogP contribution is 2.29. The molecule has 0 radical (unpaired) electrons. The highest BCUT2D eigenvalue weighted by molar-refractivity contribution is 7.80. The number of fused-ring (bicyclic) bond motifs is 1. The number of aliphatic carboxylic acids is 7. The van der Waals surface area contributed by atoms with Gasteiger partial charge >= 0.3 is 47.8 Å². The molecule has 0 spiro atoms. The number of hydrogen-bond acceptors (Lipinski definition) is 16. The van der Waals surface area contributed by atoms with Gasteiger partial charge in [-0.05, 0) is 110 Å². The van der Waals surface area contributed by atoms with Crippen LogP contribution in [0.4, 0.5) is 10.5 Å². The topological polar surface area (TPSA) is 427 Å². The molecule has 3 aromatic carbocycles. The van der Waals surface area contributed by atoms with Crippen molar-refractivity contribution >= 4 is 99.3 Å². The predicted molar refractivity (Wildman–Crippen MR) is 330 cm³/mol. The Labute approximate surface area is 525 Å². The summed E-state index contributed by atoms with van der Waals surface area (Å²) in [6.07, 6.45) is 2.02. The predicted octanol–water partition coefficient (Wildman–Crippen LogP) is 1.34. The normalized spacial score (nSPS) is 17.7. The van der Waals surface area contributed by atoms with Gasteiger partial charge in [0.15, 0.2) is 5.11 Å². The van der Waals surface area contributed by atoms with Crippen molar-refractivity contribution in [1.29, 1.82) is 0 Å². The van der Waals surface area contributed by atoms with Crippen molar-refractivity contribution < 1.29 is 88.5 Å². The van der Waals surface area contributed by atoms with Gasteiger partial charge in [0, 0.05) is 103 Å². The van der Waals surface area contributed by atoms with Crippen LogP contribution in [-0.4, -0.2) is 235 Å². The molecule has 492 valence electrons. The second-order valence-electron chi connectivity index (χ2n) is 22.5. The smallest absolute Gasteiger partial charge is 0.326 e. The fourth-order valence-electron chi connectivity index (χ4n) is 10.7. The number of nitrogens with one attached hydrogen (secondary N) is 7. The van der Waals surface area contributed by atoms with Gasteiger partial charge < -0.3 is 73.0 Å². The summed E-state index contributed by atoms with van der Waals surface area (Å²) in [6.45, 7) is 0.832. The minimum Gasteiger partial charge on any atom is -0.481 e. The number of rotatable bonds is 33. The van der Waals surface area contributed by atoms with E-state index < -0.39 is 96.6 Å². The average molecular weight is 1280 g/mol. The van der Waals surface area contributed by atoms with Gasteiger partial charge in [-0.25, -0.2) is 14.4 Å². The summed E-state index contributed by atoms with van der Waals surface area (Å²) in [4.78, 5) is 142. The molecule has 1 unspecified atom stereocenters. The molecule has 1 saturated heterocycles. The molecule has 5 amide bonds. The summed E-state index contributed by atoms with van der Waals surface area (Å²) >= 11 is 5.60. The molecule has 1 aliphatic carbocycles. The second kappa shape index (κ2) is 37.4. The molecule has 1 saturated carbocycles. The van der Waals surface area contributed by atoms with Crippen LogP contribution in [0.25, 0.3) is 10.8 Å². The van der Waals surface area contributed by atoms with Crippen LogP contribution >= 0.6 is 12.2 Å². The van der Waals surface area contributed by atoms with Crippen LogP contribution in [0.1, 0.15) is 81.8 Å². The molecule has 2 aliphatic rings. The van der Waals surface area contributed by atoms with Gasteiger partial charge in [-0.15, -0.1) is 0 Å². The van der Waals surface area contributed by atoms with Crippen LogP contribution in [-0.2, 0) is 60.9 Å². The van der Waals surface area contributed by atoms with Gasteiger partial charge in [-0.2, -0.15) is 0 Å². The third-order valence-electron chi connectivity index (χ3n) is 15.7. The monoisotopic (exact) mass is 1280 g/mol.